The average molecular weight is 479 g/mol. The number of thioether (sulfide) groups is 1. The lowest BCUT2D eigenvalue weighted by atomic mass is 10.2. The molecule has 0 fully saturated rings. The van der Waals surface area contributed by atoms with Crippen LogP contribution in [0.3, 0.4) is 0 Å². The van der Waals surface area contributed by atoms with E-state index < -0.39 is 16.1 Å². The summed E-state index contributed by atoms with van der Waals surface area (Å²) in [7, 11) is -2.58. The predicted octanol–water partition coefficient (Wildman–Crippen LogP) is 3.51. The van der Waals surface area contributed by atoms with E-state index in [0.29, 0.717) is 34.2 Å². The van der Waals surface area contributed by atoms with Gasteiger partial charge in [-0.1, -0.05) is 12.1 Å². The number of halogens is 2. The molecule has 2 amide bonds. The second-order valence-electron chi connectivity index (χ2n) is 5.78. The highest BCUT2D eigenvalue weighted by Gasteiger charge is 2.22. The summed E-state index contributed by atoms with van der Waals surface area (Å²) in [5, 5.41) is 2.98. The molecule has 0 aliphatic rings. The van der Waals surface area contributed by atoms with Crippen molar-refractivity contribution >= 4 is 57.0 Å². The van der Waals surface area contributed by atoms with E-state index in [-0.39, 0.29) is 22.6 Å². The number of nitrogens with zero attached hydrogens (tertiary/aromatic N) is 2. The number of rotatable bonds is 9. The summed E-state index contributed by atoms with van der Waals surface area (Å²) in [6.07, 6.45) is 0. The minimum atomic E-state index is -4.18. The summed E-state index contributed by atoms with van der Waals surface area (Å²) >= 11 is 13.0. The van der Waals surface area contributed by atoms with Gasteiger partial charge in [-0.05, 0) is 30.2 Å². The molecule has 0 bridgehead atoms. The van der Waals surface area contributed by atoms with Crippen LogP contribution in [0, 0.1) is 6.92 Å². The number of alkyl halides is 2. The van der Waals surface area contributed by atoms with Gasteiger partial charge in [-0.15, -0.1) is 35.0 Å². The van der Waals surface area contributed by atoms with E-state index in [4.69, 9.17) is 27.9 Å². The SMILES string of the molecule is COCCSc1cc(C)nc(NC(=O)NS(=O)(=O)c2cc(CCl)ccc2CCl)n1. The molecule has 0 aliphatic carbocycles. The number of amides is 2. The average Bonchev–Trinajstić information content (AvgIpc) is 2.66. The quantitative estimate of drug-likeness (QED) is 0.245. The van der Waals surface area contributed by atoms with Crippen LogP contribution in [0.1, 0.15) is 16.8 Å². The lowest BCUT2D eigenvalue weighted by molar-refractivity contribution is 0.218. The predicted molar refractivity (Wildman–Crippen MR) is 114 cm³/mol. The number of sulfonamides is 1. The number of anilines is 1. The van der Waals surface area contributed by atoms with E-state index in [1.54, 1.807) is 32.2 Å². The Hall–Kier alpha value is -1.59. The van der Waals surface area contributed by atoms with E-state index in [2.05, 4.69) is 15.3 Å². The van der Waals surface area contributed by atoms with Crippen molar-refractivity contribution in [2.45, 2.75) is 28.6 Å². The van der Waals surface area contributed by atoms with Gasteiger partial charge < -0.3 is 4.74 Å². The summed E-state index contributed by atoms with van der Waals surface area (Å²) < 4.78 is 32.3. The Labute approximate surface area is 183 Å². The Balaban J connectivity index is 2.16. The summed E-state index contributed by atoms with van der Waals surface area (Å²) in [6, 6.07) is 5.39. The second kappa shape index (κ2) is 11.0. The van der Waals surface area contributed by atoms with Crippen LogP contribution in [0.15, 0.2) is 34.2 Å². The maximum Gasteiger partial charge on any atom is 0.335 e. The second-order valence-corrected chi connectivity index (χ2v) is 9.08. The lowest BCUT2D eigenvalue weighted by Gasteiger charge is -2.12. The van der Waals surface area contributed by atoms with Crippen LogP contribution in [0.5, 0.6) is 0 Å². The molecule has 0 radical (unpaired) electrons. The van der Waals surface area contributed by atoms with Crippen molar-refractivity contribution in [3.63, 3.8) is 0 Å². The van der Waals surface area contributed by atoms with Gasteiger partial charge in [0.2, 0.25) is 5.95 Å². The number of urea groups is 1. The number of ether oxygens (including phenoxy) is 1. The molecule has 1 aromatic carbocycles. The first kappa shape index (κ1) is 23.7. The van der Waals surface area contributed by atoms with E-state index in [1.165, 1.54) is 17.8 Å². The molecule has 158 valence electrons. The number of aromatic nitrogens is 2. The highest BCUT2D eigenvalue weighted by atomic mass is 35.5. The molecule has 2 rings (SSSR count). The molecule has 1 heterocycles. The molecule has 0 spiro atoms. The van der Waals surface area contributed by atoms with Gasteiger partial charge in [0.25, 0.3) is 10.0 Å². The number of hydrogen-bond donors (Lipinski definition) is 2. The number of hydrogen-bond acceptors (Lipinski definition) is 7. The maximum absolute atomic E-state index is 12.7. The van der Waals surface area contributed by atoms with Gasteiger partial charge in [-0.3, -0.25) is 5.32 Å². The Kier molecular flexibility index (Phi) is 8.97. The van der Waals surface area contributed by atoms with Crippen LogP contribution in [0.4, 0.5) is 10.7 Å². The lowest BCUT2D eigenvalue weighted by Crippen LogP contribution is -2.35. The number of methoxy groups -OCH3 is 1. The first-order valence-electron chi connectivity index (χ1n) is 8.34. The fourth-order valence-electron chi connectivity index (χ4n) is 2.25. The zero-order valence-corrected chi connectivity index (χ0v) is 18.9. The monoisotopic (exact) mass is 478 g/mol. The largest absolute Gasteiger partial charge is 0.384 e. The first-order chi connectivity index (χ1) is 13.8. The Morgan fingerprint density at radius 2 is 1.97 bits per heavy atom. The van der Waals surface area contributed by atoms with Gasteiger partial charge in [0.1, 0.15) is 5.03 Å². The highest BCUT2D eigenvalue weighted by Crippen LogP contribution is 2.21. The van der Waals surface area contributed by atoms with Crippen LogP contribution in [-0.4, -0.2) is 43.9 Å². The van der Waals surface area contributed by atoms with Gasteiger partial charge in [0.05, 0.1) is 11.5 Å². The van der Waals surface area contributed by atoms with Crippen molar-refractivity contribution < 1.29 is 17.9 Å². The van der Waals surface area contributed by atoms with E-state index in [9.17, 15) is 13.2 Å². The number of aryl methyl sites for hydroxylation is 1. The Bertz CT molecular complexity index is 974. The van der Waals surface area contributed by atoms with Crippen molar-refractivity contribution in [2.75, 3.05) is 24.8 Å². The molecule has 2 N–H and O–H groups in total. The third-order valence-electron chi connectivity index (χ3n) is 3.54. The summed E-state index contributed by atoms with van der Waals surface area (Å²) in [5.74, 6) is 0.747. The standard InChI is InChI=1S/C17H20Cl2N4O4S2/c1-11-7-15(28-6-5-27-2)21-16(20-11)22-17(24)23-29(25,26)14-8-12(9-18)3-4-13(14)10-19/h3-4,7-8H,5-6,9-10H2,1-2H3,(H2,20,21,22,23,24). The third kappa shape index (κ3) is 7.00. The van der Waals surface area contributed by atoms with Crippen LogP contribution in [0.2, 0.25) is 0 Å². The zero-order valence-electron chi connectivity index (χ0n) is 15.7. The van der Waals surface area contributed by atoms with Gasteiger partial charge in [0, 0.05) is 30.3 Å². The molecule has 0 unspecified atom stereocenters. The normalized spacial score (nSPS) is 11.3. The third-order valence-corrected chi connectivity index (χ3v) is 6.43. The van der Waals surface area contributed by atoms with Crippen molar-refractivity contribution in [2.24, 2.45) is 0 Å². The van der Waals surface area contributed by atoms with Crippen LogP contribution >= 0.6 is 35.0 Å². The minimum Gasteiger partial charge on any atom is -0.384 e. The molecule has 0 aliphatic heterocycles. The van der Waals surface area contributed by atoms with Gasteiger partial charge in [0.15, 0.2) is 0 Å². The number of carbonyl (C=O) groups is 1. The van der Waals surface area contributed by atoms with Gasteiger partial charge in [-0.2, -0.15) is 0 Å². The van der Waals surface area contributed by atoms with Crippen molar-refractivity contribution in [3.8, 4) is 0 Å². The smallest absolute Gasteiger partial charge is 0.335 e. The number of carbonyl (C=O) groups excluding carboxylic acids is 1. The van der Waals surface area contributed by atoms with Gasteiger partial charge >= 0.3 is 6.03 Å². The molecule has 2 aromatic rings. The minimum absolute atomic E-state index is 0.00954. The van der Waals surface area contributed by atoms with E-state index in [1.807, 2.05) is 4.72 Å². The fourth-order valence-corrected chi connectivity index (χ4v) is 4.79. The van der Waals surface area contributed by atoms with Gasteiger partial charge in [-0.25, -0.2) is 27.9 Å². The zero-order chi connectivity index (χ0) is 21.4. The summed E-state index contributed by atoms with van der Waals surface area (Å²) in [5.41, 5.74) is 1.56. The van der Waals surface area contributed by atoms with Crippen molar-refractivity contribution in [1.29, 1.82) is 0 Å². The molecular weight excluding hydrogens is 459 g/mol. The molecule has 0 saturated heterocycles. The van der Waals surface area contributed by atoms with Crippen molar-refractivity contribution in [3.05, 3.63) is 41.1 Å². The van der Waals surface area contributed by atoms with Crippen LogP contribution < -0.4 is 10.0 Å². The van der Waals surface area contributed by atoms with Crippen LogP contribution in [0.25, 0.3) is 0 Å². The van der Waals surface area contributed by atoms with E-state index >= 15 is 0 Å². The van der Waals surface area contributed by atoms with E-state index in [0.717, 1.165) is 0 Å². The maximum atomic E-state index is 12.7. The molecule has 12 heteroatoms. The Morgan fingerprint density at radius 3 is 2.62 bits per heavy atom. The summed E-state index contributed by atoms with van der Waals surface area (Å²) in [6.45, 7) is 2.28. The molecule has 0 atom stereocenters. The topological polar surface area (TPSA) is 110 Å². The first-order valence-corrected chi connectivity index (χ1v) is 11.9. The number of nitrogens with one attached hydrogen (secondary N) is 2. The Morgan fingerprint density at radius 1 is 1.21 bits per heavy atom. The highest BCUT2D eigenvalue weighted by molar-refractivity contribution is 7.99. The molecule has 29 heavy (non-hydrogen) atoms. The van der Waals surface area contributed by atoms with Crippen molar-refractivity contribution in [1.82, 2.24) is 14.7 Å². The molecule has 8 nitrogen and oxygen atoms in total. The molecular formula is C17H20Cl2N4O4S2. The molecule has 1 aromatic heterocycles. The van der Waals surface area contributed by atoms with Crippen LogP contribution in [-0.2, 0) is 26.5 Å². The molecule has 0 saturated carbocycles. The summed E-state index contributed by atoms with van der Waals surface area (Å²) in [4.78, 5) is 20.5. The fraction of sp³-hybridized carbons (Fsp3) is 0.353. The number of benzene rings is 1.